The molecule has 1 aliphatic heterocycles. The number of hydrogen-bond acceptors (Lipinski definition) is 4. The summed E-state index contributed by atoms with van der Waals surface area (Å²) in [4.78, 5) is 12.4. The number of carbonyl (C=O) groups is 1. The van der Waals surface area contributed by atoms with Gasteiger partial charge in [-0.3, -0.25) is 9.52 Å². The Labute approximate surface area is 143 Å². The summed E-state index contributed by atoms with van der Waals surface area (Å²) in [6.07, 6.45) is 4.03. The van der Waals surface area contributed by atoms with E-state index in [1.807, 2.05) is 6.92 Å². The summed E-state index contributed by atoms with van der Waals surface area (Å²) >= 11 is 0. The molecule has 0 spiro atoms. The minimum absolute atomic E-state index is 0. The molecule has 0 saturated carbocycles. The first-order chi connectivity index (χ1) is 10.3. The van der Waals surface area contributed by atoms with Gasteiger partial charge in [0.25, 0.3) is 5.91 Å². The van der Waals surface area contributed by atoms with Crippen molar-refractivity contribution in [3.8, 4) is 0 Å². The van der Waals surface area contributed by atoms with E-state index in [0.29, 0.717) is 17.8 Å². The van der Waals surface area contributed by atoms with Gasteiger partial charge in [-0.1, -0.05) is 23.3 Å². The average molecular weight is 360 g/mol. The molecule has 0 fully saturated rings. The van der Waals surface area contributed by atoms with Crippen LogP contribution in [0.3, 0.4) is 0 Å². The molecule has 0 radical (unpaired) electrons. The van der Waals surface area contributed by atoms with Gasteiger partial charge in [0, 0.05) is 13.1 Å². The zero-order valence-electron chi connectivity index (χ0n) is 13.2. The second-order valence-electron chi connectivity index (χ2n) is 5.42. The number of halogens is 1. The zero-order chi connectivity index (χ0) is 16.2. The Bertz CT molecular complexity index is 702. The molecule has 2 rings (SSSR count). The average Bonchev–Trinajstić information content (AvgIpc) is 2.46. The van der Waals surface area contributed by atoms with E-state index in [0.717, 1.165) is 31.3 Å². The topological polar surface area (TPSA) is 87.3 Å². The number of benzene rings is 1. The van der Waals surface area contributed by atoms with Crippen LogP contribution < -0.4 is 15.4 Å². The molecular formula is C15H22ClN3O3S. The van der Waals surface area contributed by atoms with Crippen LogP contribution in [0.2, 0.25) is 0 Å². The first-order valence-corrected chi connectivity index (χ1v) is 8.99. The quantitative estimate of drug-likeness (QED) is 0.694. The molecule has 128 valence electrons. The van der Waals surface area contributed by atoms with E-state index < -0.39 is 10.0 Å². The Kier molecular flexibility index (Phi) is 7.05. The fourth-order valence-electron chi connectivity index (χ4n) is 2.25. The highest BCUT2D eigenvalue weighted by atomic mass is 35.5. The number of amides is 1. The van der Waals surface area contributed by atoms with Crippen LogP contribution in [0.1, 0.15) is 22.3 Å². The first kappa shape index (κ1) is 19.5. The van der Waals surface area contributed by atoms with Crippen molar-refractivity contribution < 1.29 is 13.2 Å². The van der Waals surface area contributed by atoms with Gasteiger partial charge in [-0.15, -0.1) is 12.4 Å². The van der Waals surface area contributed by atoms with E-state index in [4.69, 9.17) is 0 Å². The van der Waals surface area contributed by atoms with Gasteiger partial charge in [0.05, 0.1) is 17.5 Å². The van der Waals surface area contributed by atoms with Gasteiger partial charge < -0.3 is 10.6 Å². The van der Waals surface area contributed by atoms with E-state index in [1.165, 1.54) is 5.57 Å². The van der Waals surface area contributed by atoms with Crippen LogP contribution in [-0.4, -0.2) is 40.2 Å². The maximum Gasteiger partial charge on any atom is 0.253 e. The van der Waals surface area contributed by atoms with Crippen LogP contribution in [0, 0.1) is 6.92 Å². The Morgan fingerprint density at radius 2 is 2.09 bits per heavy atom. The molecule has 1 aromatic carbocycles. The molecule has 1 amide bonds. The lowest BCUT2D eigenvalue weighted by atomic mass is 10.1. The summed E-state index contributed by atoms with van der Waals surface area (Å²) in [6, 6.07) is 5.05. The van der Waals surface area contributed by atoms with E-state index >= 15 is 0 Å². The van der Waals surface area contributed by atoms with E-state index in [1.54, 1.807) is 18.2 Å². The second-order valence-corrected chi connectivity index (χ2v) is 7.17. The van der Waals surface area contributed by atoms with Gasteiger partial charge >= 0.3 is 0 Å². The van der Waals surface area contributed by atoms with Gasteiger partial charge in [0.15, 0.2) is 0 Å². The summed E-state index contributed by atoms with van der Waals surface area (Å²) < 4.78 is 25.2. The fourth-order valence-corrected chi connectivity index (χ4v) is 2.83. The molecule has 0 aromatic heterocycles. The monoisotopic (exact) mass is 359 g/mol. The highest BCUT2D eigenvalue weighted by Crippen LogP contribution is 2.18. The van der Waals surface area contributed by atoms with E-state index in [-0.39, 0.29) is 18.3 Å². The normalized spacial score (nSPS) is 14.4. The Balaban J connectivity index is 0.00000264. The summed E-state index contributed by atoms with van der Waals surface area (Å²) in [7, 11) is -3.43. The van der Waals surface area contributed by atoms with Gasteiger partial charge in [0.1, 0.15) is 0 Å². The zero-order valence-corrected chi connectivity index (χ0v) is 14.8. The lowest BCUT2D eigenvalue weighted by Crippen LogP contribution is -2.30. The van der Waals surface area contributed by atoms with Crippen LogP contribution in [0.25, 0.3) is 0 Å². The van der Waals surface area contributed by atoms with Crippen LogP contribution in [-0.2, 0) is 10.0 Å². The smallest absolute Gasteiger partial charge is 0.253 e. The molecule has 8 heteroatoms. The van der Waals surface area contributed by atoms with Crippen molar-refractivity contribution in [1.29, 1.82) is 0 Å². The van der Waals surface area contributed by atoms with Crippen molar-refractivity contribution in [2.24, 2.45) is 0 Å². The molecule has 6 nitrogen and oxygen atoms in total. The molecule has 1 aromatic rings. The molecule has 3 N–H and O–H groups in total. The summed E-state index contributed by atoms with van der Waals surface area (Å²) in [5.41, 5.74) is 2.70. The number of hydrogen-bond donors (Lipinski definition) is 3. The number of anilines is 1. The maximum absolute atomic E-state index is 12.4. The van der Waals surface area contributed by atoms with Crippen LogP contribution in [0.15, 0.2) is 29.8 Å². The van der Waals surface area contributed by atoms with Crippen LogP contribution in [0.5, 0.6) is 0 Å². The molecule has 0 bridgehead atoms. The minimum Gasteiger partial charge on any atom is -0.348 e. The van der Waals surface area contributed by atoms with Crippen LogP contribution in [0.4, 0.5) is 5.69 Å². The molecule has 1 heterocycles. The number of nitrogens with one attached hydrogen (secondary N) is 3. The van der Waals surface area contributed by atoms with Crippen molar-refractivity contribution in [2.45, 2.75) is 13.3 Å². The molecule has 0 unspecified atom stereocenters. The number of rotatable bonds is 5. The third-order valence-corrected chi connectivity index (χ3v) is 3.94. The molecule has 0 aliphatic carbocycles. The molecule has 0 atom stereocenters. The fraction of sp³-hybridized carbons (Fsp3) is 0.400. The van der Waals surface area contributed by atoms with E-state index in [9.17, 15) is 13.2 Å². The van der Waals surface area contributed by atoms with E-state index in [2.05, 4.69) is 21.4 Å². The highest BCUT2D eigenvalue weighted by molar-refractivity contribution is 7.92. The maximum atomic E-state index is 12.4. The standard InChI is InChI=1S/C15H21N3O3S.ClH/c1-11-3-4-14(18-22(2,20)21)13(9-11)15(19)17-10-12-5-7-16-8-6-12;/h3-5,9,16,18H,6-8,10H2,1-2H3,(H,17,19);1H. The van der Waals surface area contributed by atoms with Crippen molar-refractivity contribution in [2.75, 3.05) is 30.6 Å². The molecule has 0 saturated heterocycles. The highest BCUT2D eigenvalue weighted by Gasteiger charge is 2.15. The first-order valence-electron chi connectivity index (χ1n) is 7.10. The largest absolute Gasteiger partial charge is 0.348 e. The predicted molar refractivity (Wildman–Crippen MR) is 94.8 cm³/mol. The Morgan fingerprint density at radius 1 is 1.35 bits per heavy atom. The molecule has 1 aliphatic rings. The Hall–Kier alpha value is -1.57. The third kappa shape index (κ3) is 6.21. The third-order valence-electron chi connectivity index (χ3n) is 3.35. The SMILES string of the molecule is Cc1ccc(NS(C)(=O)=O)c(C(=O)NCC2=CCNCC2)c1.Cl. The van der Waals surface area contributed by atoms with Crippen molar-refractivity contribution >= 4 is 34.0 Å². The number of carbonyl (C=O) groups excluding carboxylic acids is 1. The van der Waals surface area contributed by atoms with Crippen LogP contribution >= 0.6 is 12.4 Å². The summed E-state index contributed by atoms with van der Waals surface area (Å²) in [5, 5.41) is 6.06. The molecular weight excluding hydrogens is 338 g/mol. The minimum atomic E-state index is -3.43. The predicted octanol–water partition coefficient (Wildman–Crippen LogP) is 1.44. The lowest BCUT2D eigenvalue weighted by Gasteiger charge is -2.16. The van der Waals surface area contributed by atoms with Gasteiger partial charge in [-0.25, -0.2) is 8.42 Å². The second kappa shape index (κ2) is 8.33. The molecule has 23 heavy (non-hydrogen) atoms. The number of sulfonamides is 1. The van der Waals surface area contributed by atoms with Crippen molar-refractivity contribution in [3.63, 3.8) is 0 Å². The van der Waals surface area contributed by atoms with Gasteiger partial charge in [-0.2, -0.15) is 0 Å². The Morgan fingerprint density at radius 3 is 2.70 bits per heavy atom. The van der Waals surface area contributed by atoms with Crippen molar-refractivity contribution in [1.82, 2.24) is 10.6 Å². The van der Waals surface area contributed by atoms with Gasteiger partial charge in [0.2, 0.25) is 10.0 Å². The van der Waals surface area contributed by atoms with Crippen molar-refractivity contribution in [3.05, 3.63) is 41.0 Å². The number of aryl methyl sites for hydroxylation is 1. The summed E-state index contributed by atoms with van der Waals surface area (Å²) in [5.74, 6) is -0.283. The summed E-state index contributed by atoms with van der Waals surface area (Å²) in [6.45, 7) is 4.06. The lowest BCUT2D eigenvalue weighted by molar-refractivity contribution is 0.0957. The van der Waals surface area contributed by atoms with Gasteiger partial charge in [-0.05, 0) is 32.0 Å².